The summed E-state index contributed by atoms with van der Waals surface area (Å²) in [5.74, 6) is 1.13. The Balaban J connectivity index is 2.22. The summed E-state index contributed by atoms with van der Waals surface area (Å²) < 4.78 is 2.43. The minimum atomic E-state index is -0.817. The third-order valence-electron chi connectivity index (χ3n) is 4.95. The third kappa shape index (κ3) is 1.35. The highest BCUT2D eigenvalue weighted by atomic mass is 32.3. The van der Waals surface area contributed by atoms with Crippen LogP contribution >= 0.6 is 10.0 Å². The number of hydrogen-bond donors (Lipinski definition) is 0. The van der Waals surface area contributed by atoms with Crippen LogP contribution in [0, 0.1) is 6.92 Å². The number of aryl methyl sites for hydroxylation is 1. The zero-order valence-corrected chi connectivity index (χ0v) is 13.9. The normalized spacial score (nSPS) is 17.6. The first-order valence-electron chi connectivity index (χ1n) is 7.60. The average Bonchev–Trinajstić information content (AvgIpc) is 2.84. The van der Waals surface area contributed by atoms with E-state index in [2.05, 4.69) is 66.3 Å². The Hall–Kier alpha value is -2.00. The van der Waals surface area contributed by atoms with Gasteiger partial charge in [-0.15, -0.1) is 0 Å². The number of nitrogens with zero attached hydrogens (tertiary/aromatic N) is 2. The summed E-state index contributed by atoms with van der Waals surface area (Å²) in [6.07, 6.45) is 4.86. The van der Waals surface area contributed by atoms with Crippen LogP contribution in [0.2, 0.25) is 0 Å². The monoisotopic (exact) mass is 306 g/mol. The molecule has 0 amide bonds. The quantitative estimate of drug-likeness (QED) is 0.423. The fourth-order valence-corrected chi connectivity index (χ4v) is 6.25. The summed E-state index contributed by atoms with van der Waals surface area (Å²) in [5, 5.41) is 3.94. The SMILES string of the molecule is Cc1nc2c3ccccc3c3cccc4c3n2c1CS4(C)C. The number of benzene rings is 2. The van der Waals surface area contributed by atoms with Crippen LogP contribution in [-0.2, 0) is 5.75 Å². The number of fused-ring (bicyclic) bond motifs is 3. The lowest BCUT2D eigenvalue weighted by Crippen LogP contribution is -2.12. The van der Waals surface area contributed by atoms with E-state index in [1.54, 1.807) is 0 Å². The second kappa shape index (κ2) is 3.85. The lowest BCUT2D eigenvalue weighted by molar-refractivity contribution is 1.07. The van der Waals surface area contributed by atoms with Crippen LogP contribution in [0.3, 0.4) is 0 Å². The highest BCUT2D eigenvalue weighted by Crippen LogP contribution is 2.58. The molecule has 22 heavy (non-hydrogen) atoms. The molecule has 0 saturated heterocycles. The van der Waals surface area contributed by atoms with E-state index in [1.807, 2.05) is 0 Å². The summed E-state index contributed by atoms with van der Waals surface area (Å²) in [5.41, 5.74) is 5.10. The maximum absolute atomic E-state index is 4.94. The van der Waals surface area contributed by atoms with Crippen LogP contribution in [0.5, 0.6) is 0 Å². The van der Waals surface area contributed by atoms with E-state index < -0.39 is 10.0 Å². The molecule has 1 aliphatic rings. The molecule has 0 atom stereocenters. The van der Waals surface area contributed by atoms with Gasteiger partial charge in [0.05, 0.1) is 16.9 Å². The first kappa shape index (κ1) is 12.5. The maximum atomic E-state index is 4.94. The largest absolute Gasteiger partial charge is 0.294 e. The van der Waals surface area contributed by atoms with Crippen molar-refractivity contribution in [2.24, 2.45) is 0 Å². The van der Waals surface area contributed by atoms with Crippen molar-refractivity contribution in [3.05, 3.63) is 53.9 Å². The zero-order chi connectivity index (χ0) is 15.1. The standard InChI is InChI=1S/C19H18N2S/c1-12-16-11-22(2,3)17-10-6-9-14-13-7-4-5-8-15(13)19(20-12)21(16)18(14)17/h4-10H,11H2,1-3H3. The van der Waals surface area contributed by atoms with Crippen LogP contribution in [0.4, 0.5) is 0 Å². The molecular weight excluding hydrogens is 288 g/mol. The highest BCUT2D eigenvalue weighted by Gasteiger charge is 2.29. The number of rotatable bonds is 0. The molecule has 5 rings (SSSR count). The van der Waals surface area contributed by atoms with Crippen molar-refractivity contribution in [1.82, 2.24) is 9.38 Å². The van der Waals surface area contributed by atoms with Gasteiger partial charge < -0.3 is 0 Å². The minimum absolute atomic E-state index is 0.817. The number of pyridine rings is 1. The van der Waals surface area contributed by atoms with Crippen LogP contribution < -0.4 is 0 Å². The van der Waals surface area contributed by atoms with Gasteiger partial charge in [-0.05, 0) is 30.9 Å². The number of para-hydroxylation sites is 1. The van der Waals surface area contributed by atoms with E-state index in [4.69, 9.17) is 4.98 Å². The fraction of sp³-hybridized carbons (Fsp3) is 0.211. The Labute approximate surface area is 131 Å². The predicted octanol–water partition coefficient (Wildman–Crippen LogP) is 4.89. The lowest BCUT2D eigenvalue weighted by Gasteiger charge is -2.36. The summed E-state index contributed by atoms with van der Waals surface area (Å²) in [4.78, 5) is 6.46. The van der Waals surface area contributed by atoms with Crippen LogP contribution in [-0.4, -0.2) is 21.9 Å². The molecule has 3 heterocycles. The van der Waals surface area contributed by atoms with Crippen LogP contribution in [0.15, 0.2) is 47.4 Å². The van der Waals surface area contributed by atoms with E-state index in [-0.39, 0.29) is 0 Å². The number of imidazole rings is 1. The van der Waals surface area contributed by atoms with Gasteiger partial charge in [0, 0.05) is 21.4 Å². The Bertz CT molecular complexity index is 1090. The summed E-state index contributed by atoms with van der Waals surface area (Å²) >= 11 is 0. The molecule has 2 aromatic carbocycles. The topological polar surface area (TPSA) is 17.3 Å². The fourth-order valence-electron chi connectivity index (χ4n) is 3.90. The highest BCUT2D eigenvalue weighted by molar-refractivity contribution is 8.32. The third-order valence-corrected chi connectivity index (χ3v) is 7.46. The molecule has 0 fully saturated rings. The van der Waals surface area contributed by atoms with Crippen LogP contribution in [0.1, 0.15) is 11.4 Å². The molecular formula is C19H18N2S. The molecule has 2 nitrogen and oxygen atoms in total. The first-order chi connectivity index (χ1) is 10.6. The molecule has 0 spiro atoms. The Morgan fingerprint density at radius 3 is 2.50 bits per heavy atom. The van der Waals surface area contributed by atoms with Gasteiger partial charge >= 0.3 is 0 Å². The van der Waals surface area contributed by atoms with Crippen LogP contribution in [0.25, 0.3) is 27.3 Å². The molecule has 0 radical (unpaired) electrons. The van der Waals surface area contributed by atoms with Gasteiger partial charge in [-0.2, -0.15) is 0 Å². The van der Waals surface area contributed by atoms with Gasteiger partial charge in [0.1, 0.15) is 5.65 Å². The maximum Gasteiger partial charge on any atom is 0.145 e. The van der Waals surface area contributed by atoms with Crippen molar-refractivity contribution in [2.45, 2.75) is 17.6 Å². The zero-order valence-electron chi connectivity index (χ0n) is 13.1. The molecule has 110 valence electrons. The first-order valence-corrected chi connectivity index (χ1v) is 10.2. The Kier molecular flexibility index (Phi) is 2.19. The molecule has 2 aromatic heterocycles. The molecule has 0 saturated carbocycles. The average molecular weight is 306 g/mol. The van der Waals surface area contributed by atoms with Crippen molar-refractivity contribution in [2.75, 3.05) is 12.5 Å². The second-order valence-electron chi connectivity index (χ2n) is 6.68. The second-order valence-corrected chi connectivity index (χ2v) is 10.5. The van der Waals surface area contributed by atoms with E-state index in [9.17, 15) is 0 Å². The van der Waals surface area contributed by atoms with Gasteiger partial charge in [-0.1, -0.05) is 36.4 Å². The molecule has 1 aliphatic heterocycles. The van der Waals surface area contributed by atoms with E-state index >= 15 is 0 Å². The van der Waals surface area contributed by atoms with Gasteiger partial charge in [0.15, 0.2) is 0 Å². The molecule has 4 aromatic rings. The summed E-state index contributed by atoms with van der Waals surface area (Å²) in [6.45, 7) is 2.16. The predicted molar refractivity (Wildman–Crippen MR) is 96.4 cm³/mol. The molecule has 0 bridgehead atoms. The molecule has 0 aliphatic carbocycles. The molecule has 0 N–H and O–H groups in total. The van der Waals surface area contributed by atoms with Crippen molar-refractivity contribution in [1.29, 1.82) is 0 Å². The summed E-state index contributed by atoms with van der Waals surface area (Å²) in [7, 11) is -0.817. The number of hydrogen-bond acceptors (Lipinski definition) is 1. The van der Waals surface area contributed by atoms with Crippen molar-refractivity contribution >= 4 is 37.4 Å². The van der Waals surface area contributed by atoms with E-state index in [0.29, 0.717) is 0 Å². The van der Waals surface area contributed by atoms with Crippen molar-refractivity contribution < 1.29 is 0 Å². The van der Waals surface area contributed by atoms with Gasteiger partial charge in [-0.25, -0.2) is 15.0 Å². The summed E-state index contributed by atoms with van der Waals surface area (Å²) in [6, 6.07) is 15.5. The smallest absolute Gasteiger partial charge is 0.145 e. The van der Waals surface area contributed by atoms with Crippen molar-refractivity contribution in [3.63, 3.8) is 0 Å². The Morgan fingerprint density at radius 2 is 1.68 bits per heavy atom. The van der Waals surface area contributed by atoms with Crippen molar-refractivity contribution in [3.8, 4) is 0 Å². The van der Waals surface area contributed by atoms with Gasteiger partial charge in [-0.3, -0.25) is 4.40 Å². The lowest BCUT2D eigenvalue weighted by atomic mass is 10.1. The van der Waals surface area contributed by atoms with Gasteiger partial charge in [0.2, 0.25) is 0 Å². The Morgan fingerprint density at radius 1 is 0.955 bits per heavy atom. The van der Waals surface area contributed by atoms with E-state index in [0.717, 1.165) is 11.4 Å². The van der Waals surface area contributed by atoms with Gasteiger partial charge in [0.25, 0.3) is 0 Å². The minimum Gasteiger partial charge on any atom is -0.294 e. The number of aromatic nitrogens is 2. The van der Waals surface area contributed by atoms with E-state index in [1.165, 1.54) is 38.0 Å². The molecule has 0 unspecified atom stereocenters. The molecule has 3 heteroatoms.